The molecular weight excluding hydrogens is 335 g/mol. The molecule has 0 heterocycles. The van der Waals surface area contributed by atoms with Crippen LogP contribution in [0.25, 0.3) is 0 Å². The van der Waals surface area contributed by atoms with E-state index in [0.717, 1.165) is 9.99 Å². The minimum Gasteiger partial charge on any atom is -0.490 e. The summed E-state index contributed by atoms with van der Waals surface area (Å²) in [6.45, 7) is 3.56. The summed E-state index contributed by atoms with van der Waals surface area (Å²) in [5.74, 6) is -0.592. The Labute approximate surface area is 114 Å². The van der Waals surface area contributed by atoms with Gasteiger partial charge in [-0.1, -0.05) is 6.92 Å². The van der Waals surface area contributed by atoms with E-state index in [2.05, 4.69) is 22.6 Å². The lowest BCUT2D eigenvalue weighted by molar-refractivity contribution is 0.0685. The van der Waals surface area contributed by atoms with E-state index in [1.807, 2.05) is 13.0 Å². The Balaban J connectivity index is 2.55. The van der Waals surface area contributed by atoms with E-state index in [9.17, 15) is 4.79 Å². The van der Waals surface area contributed by atoms with Crippen molar-refractivity contribution in [3.63, 3.8) is 0 Å². The van der Waals surface area contributed by atoms with Crippen LogP contribution in [0.2, 0.25) is 0 Å². The van der Waals surface area contributed by atoms with E-state index in [0.29, 0.717) is 25.6 Å². The molecule has 0 aliphatic heterocycles. The lowest BCUT2D eigenvalue weighted by atomic mass is 10.2. The molecule has 0 amide bonds. The molecule has 0 bridgehead atoms. The highest BCUT2D eigenvalue weighted by Gasteiger charge is 2.11. The van der Waals surface area contributed by atoms with Crippen molar-refractivity contribution in [1.29, 1.82) is 0 Å². The predicted octanol–water partition coefficient (Wildman–Crippen LogP) is 2.79. The number of aromatic carboxylic acids is 1. The van der Waals surface area contributed by atoms with E-state index in [1.165, 1.54) is 0 Å². The summed E-state index contributed by atoms with van der Waals surface area (Å²) in [5.41, 5.74) is 0.187. The van der Waals surface area contributed by atoms with Crippen molar-refractivity contribution in [3.8, 4) is 5.75 Å². The number of carboxylic acid groups (broad SMARTS) is 1. The number of carboxylic acids is 1. The van der Waals surface area contributed by atoms with Crippen molar-refractivity contribution in [2.45, 2.75) is 13.3 Å². The molecule has 4 nitrogen and oxygen atoms in total. The summed E-state index contributed by atoms with van der Waals surface area (Å²) in [7, 11) is 0. The number of hydrogen-bond donors (Lipinski definition) is 1. The van der Waals surface area contributed by atoms with Crippen LogP contribution in [0.5, 0.6) is 5.75 Å². The summed E-state index contributed by atoms with van der Waals surface area (Å²) in [4.78, 5) is 11.0. The van der Waals surface area contributed by atoms with E-state index in [1.54, 1.807) is 12.1 Å². The maximum absolute atomic E-state index is 11.0. The first-order chi connectivity index (χ1) is 8.15. The fraction of sp³-hybridized carbons (Fsp3) is 0.417. The molecule has 0 aliphatic rings. The highest BCUT2D eigenvalue weighted by Crippen LogP contribution is 2.21. The Morgan fingerprint density at radius 3 is 2.76 bits per heavy atom. The molecule has 0 aromatic heterocycles. The Kier molecular flexibility index (Phi) is 6.28. The second-order valence-electron chi connectivity index (χ2n) is 3.41. The van der Waals surface area contributed by atoms with Crippen LogP contribution < -0.4 is 4.74 Å². The van der Waals surface area contributed by atoms with Gasteiger partial charge in [-0.3, -0.25) is 0 Å². The Morgan fingerprint density at radius 1 is 1.35 bits per heavy atom. The fourth-order valence-electron chi connectivity index (χ4n) is 1.25. The topological polar surface area (TPSA) is 55.8 Å². The van der Waals surface area contributed by atoms with Crippen molar-refractivity contribution >= 4 is 28.6 Å². The minimum absolute atomic E-state index is 0.187. The van der Waals surface area contributed by atoms with Gasteiger partial charge in [0, 0.05) is 10.2 Å². The van der Waals surface area contributed by atoms with E-state index in [4.69, 9.17) is 14.6 Å². The first-order valence-electron chi connectivity index (χ1n) is 5.38. The average Bonchev–Trinajstić information content (AvgIpc) is 2.30. The zero-order chi connectivity index (χ0) is 12.7. The monoisotopic (exact) mass is 350 g/mol. The van der Waals surface area contributed by atoms with Crippen LogP contribution in [0.1, 0.15) is 23.7 Å². The molecule has 0 saturated carbocycles. The van der Waals surface area contributed by atoms with Gasteiger partial charge in [0.05, 0.1) is 6.61 Å². The smallest absolute Gasteiger partial charge is 0.339 e. The third kappa shape index (κ3) is 4.91. The summed E-state index contributed by atoms with van der Waals surface area (Å²) >= 11 is 2.07. The Bertz CT molecular complexity index is 379. The zero-order valence-electron chi connectivity index (χ0n) is 9.61. The normalized spacial score (nSPS) is 10.2. The lowest BCUT2D eigenvalue weighted by Crippen LogP contribution is -2.10. The van der Waals surface area contributed by atoms with Crippen molar-refractivity contribution < 1.29 is 19.4 Å². The molecule has 94 valence electrons. The maximum atomic E-state index is 11.0. The molecule has 17 heavy (non-hydrogen) atoms. The Morgan fingerprint density at radius 2 is 2.12 bits per heavy atom. The summed E-state index contributed by atoms with van der Waals surface area (Å²) in [6.07, 6.45) is 0.962. The quantitative estimate of drug-likeness (QED) is 0.607. The van der Waals surface area contributed by atoms with Gasteiger partial charge >= 0.3 is 5.97 Å². The molecule has 0 saturated heterocycles. The van der Waals surface area contributed by atoms with Gasteiger partial charge in [0.25, 0.3) is 0 Å². The molecule has 1 rings (SSSR count). The number of halogens is 1. The van der Waals surface area contributed by atoms with Gasteiger partial charge in [-0.15, -0.1) is 0 Å². The number of benzene rings is 1. The van der Waals surface area contributed by atoms with Crippen molar-refractivity contribution in [2.24, 2.45) is 0 Å². The molecular formula is C12H15IO4. The summed E-state index contributed by atoms with van der Waals surface area (Å²) in [5, 5.41) is 9.02. The van der Waals surface area contributed by atoms with E-state index >= 15 is 0 Å². The van der Waals surface area contributed by atoms with Crippen molar-refractivity contribution in [2.75, 3.05) is 19.8 Å². The van der Waals surface area contributed by atoms with Crippen LogP contribution in [-0.4, -0.2) is 30.9 Å². The second-order valence-corrected chi connectivity index (χ2v) is 4.65. The van der Waals surface area contributed by atoms with Gasteiger partial charge in [-0.25, -0.2) is 4.79 Å². The third-order valence-corrected chi connectivity index (χ3v) is 2.68. The number of ether oxygens (including phenoxy) is 2. The summed E-state index contributed by atoms with van der Waals surface area (Å²) < 4.78 is 11.5. The van der Waals surface area contributed by atoms with Gasteiger partial charge in [-0.05, 0) is 47.2 Å². The van der Waals surface area contributed by atoms with Crippen LogP contribution in [0.15, 0.2) is 18.2 Å². The largest absolute Gasteiger partial charge is 0.490 e. The van der Waals surface area contributed by atoms with Gasteiger partial charge in [0.2, 0.25) is 0 Å². The lowest BCUT2D eigenvalue weighted by Gasteiger charge is -2.09. The highest BCUT2D eigenvalue weighted by atomic mass is 127. The molecule has 5 heteroatoms. The number of carbonyl (C=O) groups is 1. The van der Waals surface area contributed by atoms with Crippen LogP contribution in [0.3, 0.4) is 0 Å². The molecule has 0 radical (unpaired) electrons. The van der Waals surface area contributed by atoms with Gasteiger partial charge in [-0.2, -0.15) is 0 Å². The average molecular weight is 350 g/mol. The third-order valence-electron chi connectivity index (χ3n) is 2.01. The van der Waals surface area contributed by atoms with Crippen molar-refractivity contribution in [1.82, 2.24) is 0 Å². The van der Waals surface area contributed by atoms with Crippen molar-refractivity contribution in [3.05, 3.63) is 27.3 Å². The van der Waals surface area contributed by atoms with Gasteiger partial charge in [0.1, 0.15) is 17.9 Å². The van der Waals surface area contributed by atoms with Crippen LogP contribution >= 0.6 is 22.6 Å². The van der Waals surface area contributed by atoms with E-state index < -0.39 is 5.97 Å². The standard InChI is InChI=1S/C12H15IO4/c1-2-5-16-6-7-17-11-4-3-9(13)8-10(11)12(14)15/h3-4,8H,2,5-7H2,1H3,(H,14,15). The molecule has 1 aromatic rings. The van der Waals surface area contributed by atoms with Crippen LogP contribution in [-0.2, 0) is 4.74 Å². The maximum Gasteiger partial charge on any atom is 0.339 e. The number of hydrogen-bond acceptors (Lipinski definition) is 3. The SMILES string of the molecule is CCCOCCOc1ccc(I)cc1C(=O)O. The Hall–Kier alpha value is -0.820. The number of rotatable bonds is 7. The summed E-state index contributed by atoms with van der Waals surface area (Å²) in [6, 6.07) is 5.07. The molecule has 1 aromatic carbocycles. The van der Waals surface area contributed by atoms with E-state index in [-0.39, 0.29) is 5.56 Å². The van der Waals surface area contributed by atoms with Gasteiger partial charge < -0.3 is 14.6 Å². The fourth-order valence-corrected chi connectivity index (χ4v) is 1.74. The molecule has 0 fully saturated rings. The first-order valence-corrected chi connectivity index (χ1v) is 6.46. The molecule has 0 aliphatic carbocycles. The van der Waals surface area contributed by atoms with Crippen LogP contribution in [0.4, 0.5) is 0 Å². The molecule has 0 unspecified atom stereocenters. The van der Waals surface area contributed by atoms with Crippen LogP contribution in [0, 0.1) is 3.57 Å². The highest BCUT2D eigenvalue weighted by molar-refractivity contribution is 14.1. The predicted molar refractivity (Wildman–Crippen MR) is 72.7 cm³/mol. The molecule has 0 spiro atoms. The second kappa shape index (κ2) is 7.50. The molecule has 0 atom stereocenters. The van der Waals surface area contributed by atoms with Gasteiger partial charge in [0.15, 0.2) is 0 Å². The zero-order valence-corrected chi connectivity index (χ0v) is 11.8. The first kappa shape index (κ1) is 14.2. The molecule has 1 N–H and O–H groups in total. The minimum atomic E-state index is -0.979.